The Labute approximate surface area is 239 Å². The topological polar surface area (TPSA) is 36.3 Å². The molecular weight excluding hydrogens is 488 g/mol. The fraction of sp³-hybridized carbons (Fsp3) is 0.486. The third kappa shape index (κ3) is 4.15. The largest absolute Gasteiger partial charge is 0.372 e. The number of fused-ring (bicyclic) bond motifs is 5. The molecule has 5 aliphatic rings. The SMILES string of the molecule is N#Cc1cc(-c2ccccc2)cc(-c2cccc(C3CCC4C(C3)OC3CCCC5C6CCCCC6N4C35)c2)c1. The van der Waals surface area contributed by atoms with E-state index in [1.54, 1.807) is 0 Å². The van der Waals surface area contributed by atoms with Crippen LogP contribution in [0.4, 0.5) is 0 Å². The second-order valence-corrected chi connectivity index (χ2v) is 13.2. The molecule has 0 bridgehead atoms. The van der Waals surface area contributed by atoms with Gasteiger partial charge in [-0.2, -0.15) is 5.26 Å². The van der Waals surface area contributed by atoms with Crippen molar-refractivity contribution in [3.05, 3.63) is 83.9 Å². The first-order valence-electron chi connectivity index (χ1n) is 15.9. The minimum atomic E-state index is 0.370. The monoisotopic (exact) mass is 528 g/mol. The van der Waals surface area contributed by atoms with E-state index in [2.05, 4.69) is 65.6 Å². The summed E-state index contributed by atoms with van der Waals surface area (Å²) in [6, 6.07) is 30.4. The summed E-state index contributed by atoms with van der Waals surface area (Å²) in [6.07, 6.45) is 14.3. The first-order chi connectivity index (χ1) is 19.8. The summed E-state index contributed by atoms with van der Waals surface area (Å²) < 4.78 is 7.07. The molecule has 3 aromatic rings. The van der Waals surface area contributed by atoms with Crippen LogP contribution in [0.15, 0.2) is 72.8 Å². The van der Waals surface area contributed by atoms with E-state index in [1.165, 1.54) is 68.9 Å². The van der Waals surface area contributed by atoms with Gasteiger partial charge in [-0.3, -0.25) is 4.90 Å². The maximum atomic E-state index is 9.78. The molecule has 0 radical (unpaired) electrons. The van der Waals surface area contributed by atoms with Gasteiger partial charge in [-0.1, -0.05) is 73.9 Å². The Morgan fingerprint density at radius 2 is 1.45 bits per heavy atom. The molecule has 2 saturated heterocycles. The van der Waals surface area contributed by atoms with Crippen LogP contribution < -0.4 is 0 Å². The maximum absolute atomic E-state index is 9.78. The Morgan fingerprint density at radius 1 is 0.650 bits per heavy atom. The highest BCUT2D eigenvalue weighted by Gasteiger charge is 2.59. The van der Waals surface area contributed by atoms with Crippen molar-refractivity contribution in [3.63, 3.8) is 0 Å². The quantitative estimate of drug-likeness (QED) is 0.343. The van der Waals surface area contributed by atoms with Gasteiger partial charge in [0.25, 0.3) is 0 Å². The summed E-state index contributed by atoms with van der Waals surface area (Å²) in [7, 11) is 0. The molecule has 8 rings (SSSR count). The average molecular weight is 529 g/mol. The zero-order chi connectivity index (χ0) is 26.6. The number of benzene rings is 3. The molecule has 3 saturated carbocycles. The lowest BCUT2D eigenvalue weighted by Crippen LogP contribution is -2.63. The van der Waals surface area contributed by atoms with Gasteiger partial charge in [-0.05, 0) is 109 Å². The molecule has 0 N–H and O–H groups in total. The smallest absolute Gasteiger partial charge is 0.0992 e. The molecule has 8 unspecified atom stereocenters. The number of nitriles is 1. The molecule has 5 fully saturated rings. The molecule has 0 spiro atoms. The van der Waals surface area contributed by atoms with Crippen molar-refractivity contribution in [3.8, 4) is 28.3 Å². The highest BCUT2D eigenvalue weighted by Crippen LogP contribution is 2.55. The van der Waals surface area contributed by atoms with Crippen molar-refractivity contribution >= 4 is 0 Å². The van der Waals surface area contributed by atoms with Gasteiger partial charge in [0.05, 0.1) is 23.8 Å². The van der Waals surface area contributed by atoms with Crippen LogP contribution in [0.2, 0.25) is 0 Å². The summed E-state index contributed by atoms with van der Waals surface area (Å²) in [4.78, 5) is 3.07. The van der Waals surface area contributed by atoms with Gasteiger partial charge in [0.1, 0.15) is 0 Å². The van der Waals surface area contributed by atoms with Crippen LogP contribution in [0.25, 0.3) is 22.3 Å². The first kappa shape index (κ1) is 24.8. The molecule has 2 heterocycles. The average Bonchev–Trinajstić information content (AvgIpc) is 3.37. The van der Waals surface area contributed by atoms with E-state index < -0.39 is 0 Å². The Morgan fingerprint density at radius 3 is 2.33 bits per heavy atom. The molecule has 204 valence electrons. The predicted octanol–water partition coefficient (Wildman–Crippen LogP) is 8.34. The van der Waals surface area contributed by atoms with Gasteiger partial charge in [0.15, 0.2) is 0 Å². The maximum Gasteiger partial charge on any atom is 0.0992 e. The van der Waals surface area contributed by atoms with Crippen LogP contribution in [-0.4, -0.2) is 35.2 Å². The Bertz CT molecular complexity index is 1430. The van der Waals surface area contributed by atoms with E-state index in [4.69, 9.17) is 4.74 Å². The summed E-state index contributed by atoms with van der Waals surface area (Å²) in [5, 5.41) is 9.78. The first-order valence-corrected chi connectivity index (χ1v) is 15.9. The zero-order valence-corrected chi connectivity index (χ0v) is 23.4. The predicted molar refractivity (Wildman–Crippen MR) is 160 cm³/mol. The number of morpholine rings is 1. The molecule has 3 heteroatoms. The van der Waals surface area contributed by atoms with E-state index in [1.807, 2.05) is 18.2 Å². The highest BCUT2D eigenvalue weighted by molar-refractivity contribution is 5.75. The van der Waals surface area contributed by atoms with Crippen LogP contribution in [0.5, 0.6) is 0 Å². The highest BCUT2D eigenvalue weighted by atomic mass is 16.5. The van der Waals surface area contributed by atoms with E-state index in [9.17, 15) is 5.26 Å². The molecule has 8 atom stereocenters. The van der Waals surface area contributed by atoms with E-state index in [0.29, 0.717) is 35.8 Å². The van der Waals surface area contributed by atoms with Gasteiger partial charge in [-0.25, -0.2) is 0 Å². The van der Waals surface area contributed by atoms with Gasteiger partial charge >= 0.3 is 0 Å². The lowest BCUT2D eigenvalue weighted by molar-refractivity contribution is -0.179. The van der Waals surface area contributed by atoms with Crippen molar-refractivity contribution < 1.29 is 4.74 Å². The molecule has 2 aliphatic heterocycles. The standard InChI is InChI=1S/C37H40N2O/c38-23-24-18-29(25-8-2-1-3-9-25)21-30(19-24)27-11-6-10-26(20-27)28-16-17-34-36(22-28)40-35-15-7-13-32-31-12-4-5-14-33(31)39(34)37(32)35/h1-3,6,8-11,18-21,28,31-37H,4-5,7,12-17,22H2. The molecule has 3 aliphatic carbocycles. The van der Waals surface area contributed by atoms with Crippen molar-refractivity contribution in [1.29, 1.82) is 5.26 Å². The third-order valence-electron chi connectivity index (χ3n) is 11.3. The van der Waals surface area contributed by atoms with Crippen LogP contribution in [0, 0.1) is 23.2 Å². The zero-order valence-electron chi connectivity index (χ0n) is 23.4. The number of hydrogen-bond donors (Lipinski definition) is 0. The van der Waals surface area contributed by atoms with Crippen molar-refractivity contribution in [2.75, 3.05) is 0 Å². The summed E-state index contributed by atoms with van der Waals surface area (Å²) in [6.45, 7) is 0. The number of hydrogen-bond acceptors (Lipinski definition) is 3. The number of nitrogens with zero attached hydrogens (tertiary/aromatic N) is 2. The second-order valence-electron chi connectivity index (χ2n) is 13.2. The van der Waals surface area contributed by atoms with E-state index >= 15 is 0 Å². The minimum Gasteiger partial charge on any atom is -0.372 e. The normalized spacial score (nSPS) is 34.8. The lowest BCUT2D eigenvalue weighted by Gasteiger charge is -2.54. The molecule has 40 heavy (non-hydrogen) atoms. The van der Waals surface area contributed by atoms with Crippen LogP contribution in [0.3, 0.4) is 0 Å². The minimum absolute atomic E-state index is 0.370. The van der Waals surface area contributed by atoms with Gasteiger partial charge in [0.2, 0.25) is 0 Å². The fourth-order valence-electron chi connectivity index (χ4n) is 9.65. The Balaban J connectivity index is 1.07. The van der Waals surface area contributed by atoms with Crippen LogP contribution in [0.1, 0.15) is 81.3 Å². The summed E-state index contributed by atoms with van der Waals surface area (Å²) in [5.41, 5.74) is 6.73. The van der Waals surface area contributed by atoms with Crippen LogP contribution >= 0.6 is 0 Å². The molecular formula is C37H40N2O. The summed E-state index contributed by atoms with van der Waals surface area (Å²) >= 11 is 0. The Hall–Kier alpha value is -2.93. The summed E-state index contributed by atoms with van der Waals surface area (Å²) in [5.74, 6) is 2.36. The lowest BCUT2D eigenvalue weighted by atomic mass is 9.72. The molecule has 3 aromatic carbocycles. The Kier molecular flexibility index (Phi) is 6.31. The van der Waals surface area contributed by atoms with E-state index in [-0.39, 0.29) is 0 Å². The molecule has 0 aromatic heterocycles. The van der Waals surface area contributed by atoms with Gasteiger partial charge in [0, 0.05) is 18.1 Å². The van der Waals surface area contributed by atoms with Crippen molar-refractivity contribution in [2.45, 2.75) is 100 Å². The fourth-order valence-corrected chi connectivity index (χ4v) is 9.65. The molecule has 0 amide bonds. The van der Waals surface area contributed by atoms with Gasteiger partial charge in [-0.15, -0.1) is 0 Å². The van der Waals surface area contributed by atoms with Gasteiger partial charge < -0.3 is 4.74 Å². The number of ether oxygens (including phenoxy) is 1. The second kappa shape index (κ2) is 10.2. The van der Waals surface area contributed by atoms with Crippen LogP contribution in [-0.2, 0) is 4.74 Å². The molecule has 3 nitrogen and oxygen atoms in total. The third-order valence-corrected chi connectivity index (χ3v) is 11.3. The van der Waals surface area contributed by atoms with Crippen molar-refractivity contribution in [1.82, 2.24) is 4.90 Å². The van der Waals surface area contributed by atoms with Crippen molar-refractivity contribution in [2.24, 2.45) is 11.8 Å². The number of rotatable bonds is 3. The van der Waals surface area contributed by atoms with E-state index in [0.717, 1.165) is 41.0 Å².